The summed E-state index contributed by atoms with van der Waals surface area (Å²) in [4.78, 5) is 0. The number of rotatable bonds is 7. The average Bonchev–Trinajstić information content (AvgIpc) is 2.92. The lowest BCUT2D eigenvalue weighted by Gasteiger charge is -2.21. The van der Waals surface area contributed by atoms with Crippen LogP contribution < -0.4 is 5.43 Å². The number of nitrogens with one attached hydrogen (secondary N) is 1. The third-order valence-corrected chi connectivity index (χ3v) is 3.21. The molecule has 0 saturated carbocycles. The van der Waals surface area contributed by atoms with Gasteiger partial charge in [0.1, 0.15) is 0 Å². The molecule has 1 atom stereocenters. The minimum atomic E-state index is 0.394. The van der Waals surface area contributed by atoms with Gasteiger partial charge in [0, 0.05) is 12.4 Å². The van der Waals surface area contributed by atoms with E-state index in [0.29, 0.717) is 6.04 Å². The number of unbranched alkanes of at least 4 members (excludes halogenated alkanes) is 2. The summed E-state index contributed by atoms with van der Waals surface area (Å²) >= 11 is 0. The van der Waals surface area contributed by atoms with Crippen molar-refractivity contribution in [1.29, 1.82) is 0 Å². The molecule has 18 heavy (non-hydrogen) atoms. The van der Waals surface area contributed by atoms with Gasteiger partial charge < -0.3 is 5.43 Å². The lowest BCUT2D eigenvalue weighted by molar-refractivity contribution is 0.567. The predicted molar refractivity (Wildman–Crippen MR) is 77.1 cm³/mol. The minimum absolute atomic E-state index is 0.394. The van der Waals surface area contributed by atoms with Crippen molar-refractivity contribution < 1.29 is 0 Å². The second kappa shape index (κ2) is 6.90. The van der Waals surface area contributed by atoms with Gasteiger partial charge in [-0.15, -0.1) is 0 Å². The van der Waals surface area contributed by atoms with Gasteiger partial charge in [-0.1, -0.05) is 56.5 Å². The highest BCUT2D eigenvalue weighted by Crippen LogP contribution is 2.20. The van der Waals surface area contributed by atoms with Crippen LogP contribution in [0.25, 0.3) is 0 Å². The fourth-order valence-corrected chi connectivity index (χ4v) is 2.19. The largest absolute Gasteiger partial charge is 0.319 e. The van der Waals surface area contributed by atoms with Crippen LogP contribution in [0.1, 0.15) is 44.2 Å². The van der Waals surface area contributed by atoms with Gasteiger partial charge in [0.15, 0.2) is 0 Å². The maximum Gasteiger partial charge on any atom is 0.0673 e. The first kappa shape index (κ1) is 12.7. The van der Waals surface area contributed by atoms with Crippen molar-refractivity contribution in [2.24, 2.45) is 0 Å². The van der Waals surface area contributed by atoms with Crippen LogP contribution in [0.4, 0.5) is 0 Å². The normalized spacial score (nSPS) is 12.3. The Morgan fingerprint density at radius 1 is 1.00 bits per heavy atom. The topological polar surface area (TPSA) is 17.0 Å². The molecule has 0 radical (unpaired) electrons. The maximum absolute atomic E-state index is 3.55. The van der Waals surface area contributed by atoms with Crippen molar-refractivity contribution in [2.45, 2.75) is 38.6 Å². The van der Waals surface area contributed by atoms with Crippen LogP contribution in [0.15, 0.2) is 54.9 Å². The summed E-state index contributed by atoms with van der Waals surface area (Å²) in [5.41, 5.74) is 4.91. The fraction of sp³-hybridized carbons (Fsp3) is 0.375. The third kappa shape index (κ3) is 3.66. The molecule has 1 aromatic heterocycles. The zero-order valence-corrected chi connectivity index (χ0v) is 11.0. The Morgan fingerprint density at radius 3 is 2.39 bits per heavy atom. The van der Waals surface area contributed by atoms with Crippen molar-refractivity contribution in [3.05, 3.63) is 60.4 Å². The standard InChI is InChI=1S/C16H22N2/c1-2-3-5-12-16(15-10-6-4-7-11-15)17-18-13-8-9-14-18/h4,6-11,13-14,16-17H,2-3,5,12H2,1H3. The highest BCUT2D eigenvalue weighted by atomic mass is 15.4. The Bertz CT molecular complexity index is 420. The Morgan fingerprint density at radius 2 is 1.72 bits per heavy atom. The number of hydrogen-bond donors (Lipinski definition) is 1. The highest BCUT2D eigenvalue weighted by Gasteiger charge is 2.10. The molecule has 2 rings (SSSR count). The van der Waals surface area contributed by atoms with Crippen molar-refractivity contribution in [1.82, 2.24) is 4.68 Å². The van der Waals surface area contributed by atoms with Gasteiger partial charge in [0.05, 0.1) is 6.04 Å². The zero-order valence-electron chi connectivity index (χ0n) is 11.0. The van der Waals surface area contributed by atoms with Crippen LogP contribution in [-0.4, -0.2) is 4.68 Å². The molecule has 2 nitrogen and oxygen atoms in total. The van der Waals surface area contributed by atoms with E-state index in [2.05, 4.69) is 55.1 Å². The lowest BCUT2D eigenvalue weighted by atomic mass is 10.0. The number of aromatic nitrogens is 1. The van der Waals surface area contributed by atoms with Crippen LogP contribution >= 0.6 is 0 Å². The molecule has 2 aromatic rings. The Kier molecular flexibility index (Phi) is 4.88. The SMILES string of the molecule is CCCCCC(Nn1cccc1)c1ccccc1. The molecule has 2 heteroatoms. The molecule has 0 spiro atoms. The molecule has 0 amide bonds. The molecular formula is C16H22N2. The van der Waals surface area contributed by atoms with Gasteiger partial charge in [-0.3, -0.25) is 4.68 Å². The second-order valence-electron chi connectivity index (χ2n) is 4.68. The summed E-state index contributed by atoms with van der Waals surface area (Å²) in [6.07, 6.45) is 9.12. The van der Waals surface area contributed by atoms with E-state index in [1.807, 2.05) is 16.8 Å². The van der Waals surface area contributed by atoms with Gasteiger partial charge in [-0.25, -0.2) is 0 Å². The third-order valence-electron chi connectivity index (χ3n) is 3.21. The van der Waals surface area contributed by atoms with E-state index >= 15 is 0 Å². The Balaban J connectivity index is 2.03. The maximum atomic E-state index is 3.55. The summed E-state index contributed by atoms with van der Waals surface area (Å²) < 4.78 is 2.05. The quantitative estimate of drug-likeness (QED) is 0.714. The van der Waals surface area contributed by atoms with E-state index in [1.165, 1.54) is 31.2 Å². The Labute approximate surface area is 110 Å². The first-order valence-electron chi connectivity index (χ1n) is 6.84. The number of benzene rings is 1. The summed E-state index contributed by atoms with van der Waals surface area (Å²) in [7, 11) is 0. The van der Waals surface area contributed by atoms with Gasteiger partial charge in [0.25, 0.3) is 0 Å². The summed E-state index contributed by atoms with van der Waals surface area (Å²) in [6, 6.07) is 15.2. The molecular weight excluding hydrogens is 220 g/mol. The molecule has 0 bridgehead atoms. The van der Waals surface area contributed by atoms with Crippen LogP contribution in [0.2, 0.25) is 0 Å². The summed E-state index contributed by atoms with van der Waals surface area (Å²) in [5, 5.41) is 0. The van der Waals surface area contributed by atoms with Gasteiger partial charge in [-0.05, 0) is 24.1 Å². The predicted octanol–water partition coefficient (Wildman–Crippen LogP) is 4.35. The molecule has 0 aliphatic rings. The van der Waals surface area contributed by atoms with Crippen molar-refractivity contribution in [2.75, 3.05) is 5.43 Å². The summed E-state index contributed by atoms with van der Waals surface area (Å²) in [6.45, 7) is 2.25. The molecule has 0 aliphatic heterocycles. The second-order valence-corrected chi connectivity index (χ2v) is 4.68. The van der Waals surface area contributed by atoms with Crippen LogP contribution in [0.5, 0.6) is 0 Å². The molecule has 1 heterocycles. The van der Waals surface area contributed by atoms with Gasteiger partial charge >= 0.3 is 0 Å². The number of hydrogen-bond acceptors (Lipinski definition) is 1. The minimum Gasteiger partial charge on any atom is -0.319 e. The van der Waals surface area contributed by atoms with E-state index in [-0.39, 0.29) is 0 Å². The van der Waals surface area contributed by atoms with Crippen LogP contribution in [0.3, 0.4) is 0 Å². The fourth-order valence-electron chi connectivity index (χ4n) is 2.19. The van der Waals surface area contributed by atoms with Gasteiger partial charge in [0.2, 0.25) is 0 Å². The van der Waals surface area contributed by atoms with E-state index in [4.69, 9.17) is 0 Å². The van der Waals surface area contributed by atoms with Crippen molar-refractivity contribution in [3.8, 4) is 0 Å². The molecule has 0 aliphatic carbocycles. The van der Waals surface area contributed by atoms with E-state index in [9.17, 15) is 0 Å². The Hall–Kier alpha value is -1.70. The van der Waals surface area contributed by atoms with E-state index < -0.39 is 0 Å². The monoisotopic (exact) mass is 242 g/mol. The first-order chi connectivity index (χ1) is 8.90. The first-order valence-corrected chi connectivity index (χ1v) is 6.84. The zero-order chi connectivity index (χ0) is 12.6. The van der Waals surface area contributed by atoms with Crippen LogP contribution in [-0.2, 0) is 0 Å². The molecule has 1 unspecified atom stereocenters. The summed E-state index contributed by atoms with van der Waals surface area (Å²) in [5.74, 6) is 0. The van der Waals surface area contributed by atoms with Crippen molar-refractivity contribution >= 4 is 0 Å². The average molecular weight is 242 g/mol. The molecule has 0 saturated heterocycles. The lowest BCUT2D eigenvalue weighted by Crippen LogP contribution is -2.19. The van der Waals surface area contributed by atoms with Gasteiger partial charge in [-0.2, -0.15) is 0 Å². The van der Waals surface area contributed by atoms with Crippen LogP contribution in [0, 0.1) is 0 Å². The van der Waals surface area contributed by atoms with Crippen molar-refractivity contribution in [3.63, 3.8) is 0 Å². The van der Waals surface area contributed by atoms with E-state index in [0.717, 1.165) is 0 Å². The molecule has 0 fully saturated rings. The molecule has 96 valence electrons. The smallest absolute Gasteiger partial charge is 0.0673 e. The highest BCUT2D eigenvalue weighted by molar-refractivity contribution is 5.21. The molecule has 1 aromatic carbocycles. The van der Waals surface area contributed by atoms with E-state index in [1.54, 1.807) is 0 Å². The molecule has 1 N–H and O–H groups in total. The number of nitrogens with zero attached hydrogens (tertiary/aromatic N) is 1.